The van der Waals surface area contributed by atoms with Crippen LogP contribution in [-0.2, 0) is 4.79 Å². The van der Waals surface area contributed by atoms with E-state index in [4.69, 9.17) is 0 Å². The summed E-state index contributed by atoms with van der Waals surface area (Å²) in [6, 6.07) is 9.99. The number of amides is 2. The Morgan fingerprint density at radius 3 is 3.00 bits per heavy atom. The van der Waals surface area contributed by atoms with Gasteiger partial charge in [0.1, 0.15) is 0 Å². The van der Waals surface area contributed by atoms with Crippen LogP contribution in [0.5, 0.6) is 0 Å². The van der Waals surface area contributed by atoms with Gasteiger partial charge in [0.05, 0.1) is 5.52 Å². The Bertz CT molecular complexity index is 880. The maximum absolute atomic E-state index is 13.1. The molecule has 0 aliphatic carbocycles. The topological polar surface area (TPSA) is 53.5 Å². The number of aromatic nitrogens is 1. The SMILES string of the molecule is O=C(c1ccc2ncccc2c1)N1CC2CC(C1)[C@H]1CCCC(=O)N1C2. The minimum atomic E-state index is 0.112. The van der Waals surface area contributed by atoms with Crippen LogP contribution in [-0.4, -0.2) is 52.3 Å². The molecule has 5 nitrogen and oxygen atoms in total. The Labute approximate surface area is 153 Å². The molecule has 0 N–H and O–H groups in total. The van der Waals surface area contributed by atoms with Crippen molar-refractivity contribution in [3.05, 3.63) is 42.1 Å². The Morgan fingerprint density at radius 2 is 2.08 bits per heavy atom. The number of benzene rings is 1. The van der Waals surface area contributed by atoms with E-state index in [0.717, 1.165) is 55.4 Å². The molecule has 3 aliphatic rings. The van der Waals surface area contributed by atoms with Crippen molar-refractivity contribution in [1.82, 2.24) is 14.8 Å². The second-order valence-electron chi connectivity index (χ2n) is 7.99. The maximum atomic E-state index is 13.1. The summed E-state index contributed by atoms with van der Waals surface area (Å²) in [6.07, 6.45) is 5.70. The van der Waals surface area contributed by atoms with Crippen molar-refractivity contribution in [3.63, 3.8) is 0 Å². The van der Waals surface area contributed by atoms with Crippen LogP contribution in [0, 0.1) is 11.8 Å². The lowest BCUT2D eigenvalue weighted by molar-refractivity contribution is -0.144. The summed E-state index contributed by atoms with van der Waals surface area (Å²) in [4.78, 5) is 33.9. The van der Waals surface area contributed by atoms with E-state index < -0.39 is 0 Å². The molecule has 2 amide bonds. The monoisotopic (exact) mass is 349 g/mol. The number of piperidine rings is 3. The third-order valence-electron chi connectivity index (χ3n) is 6.32. The van der Waals surface area contributed by atoms with Gasteiger partial charge in [-0.15, -0.1) is 0 Å². The van der Waals surface area contributed by atoms with Gasteiger partial charge in [0, 0.05) is 49.2 Å². The first kappa shape index (κ1) is 15.8. The first-order chi connectivity index (χ1) is 12.7. The van der Waals surface area contributed by atoms with E-state index in [1.54, 1.807) is 6.20 Å². The van der Waals surface area contributed by atoms with Gasteiger partial charge < -0.3 is 9.80 Å². The molecule has 3 fully saturated rings. The molecular formula is C21H23N3O2. The fourth-order valence-electron chi connectivity index (χ4n) is 5.17. The van der Waals surface area contributed by atoms with Gasteiger partial charge in [-0.05, 0) is 55.4 Å². The molecule has 2 aromatic rings. The van der Waals surface area contributed by atoms with Crippen LogP contribution in [0.25, 0.3) is 10.9 Å². The molecule has 0 spiro atoms. The number of nitrogens with zero attached hydrogens (tertiary/aromatic N) is 3. The van der Waals surface area contributed by atoms with Crippen molar-refractivity contribution in [2.24, 2.45) is 11.8 Å². The summed E-state index contributed by atoms with van der Waals surface area (Å²) < 4.78 is 0. The van der Waals surface area contributed by atoms with E-state index in [-0.39, 0.29) is 5.91 Å². The van der Waals surface area contributed by atoms with Crippen LogP contribution < -0.4 is 0 Å². The largest absolute Gasteiger partial charge is 0.339 e. The average molecular weight is 349 g/mol. The Balaban J connectivity index is 1.39. The first-order valence-electron chi connectivity index (χ1n) is 9.62. The fourth-order valence-corrected chi connectivity index (χ4v) is 5.17. The molecule has 4 heterocycles. The van der Waals surface area contributed by atoms with E-state index in [1.165, 1.54) is 0 Å². The second-order valence-corrected chi connectivity index (χ2v) is 7.99. The highest BCUT2D eigenvalue weighted by Crippen LogP contribution is 2.38. The van der Waals surface area contributed by atoms with Crippen LogP contribution in [0.2, 0.25) is 0 Å². The molecule has 2 bridgehead atoms. The molecule has 1 aromatic carbocycles. The molecule has 0 radical (unpaired) electrons. The molecule has 134 valence electrons. The average Bonchev–Trinajstić information content (AvgIpc) is 2.68. The number of hydrogen-bond acceptors (Lipinski definition) is 3. The van der Waals surface area contributed by atoms with E-state index in [1.807, 2.05) is 35.2 Å². The van der Waals surface area contributed by atoms with E-state index in [9.17, 15) is 9.59 Å². The first-order valence-corrected chi connectivity index (χ1v) is 9.62. The number of hydrogen-bond donors (Lipinski definition) is 0. The Hall–Kier alpha value is -2.43. The van der Waals surface area contributed by atoms with Crippen molar-refractivity contribution in [1.29, 1.82) is 0 Å². The fraction of sp³-hybridized carbons (Fsp3) is 0.476. The van der Waals surface area contributed by atoms with Crippen molar-refractivity contribution >= 4 is 22.7 Å². The summed E-state index contributed by atoms with van der Waals surface area (Å²) in [6.45, 7) is 2.36. The predicted octanol–water partition coefficient (Wildman–Crippen LogP) is 2.71. The normalized spacial score (nSPS) is 28.2. The summed E-state index contributed by atoms with van der Waals surface area (Å²) in [5.41, 5.74) is 1.65. The third-order valence-corrected chi connectivity index (χ3v) is 6.32. The molecule has 26 heavy (non-hydrogen) atoms. The van der Waals surface area contributed by atoms with Crippen LogP contribution >= 0.6 is 0 Å². The number of rotatable bonds is 1. The van der Waals surface area contributed by atoms with Gasteiger partial charge in [-0.2, -0.15) is 0 Å². The van der Waals surface area contributed by atoms with E-state index >= 15 is 0 Å². The second kappa shape index (κ2) is 6.08. The van der Waals surface area contributed by atoms with Gasteiger partial charge in [-0.1, -0.05) is 6.07 Å². The van der Waals surface area contributed by atoms with Crippen molar-refractivity contribution in [3.8, 4) is 0 Å². The number of pyridine rings is 1. The van der Waals surface area contributed by atoms with Crippen LogP contribution in [0.15, 0.2) is 36.5 Å². The van der Waals surface area contributed by atoms with Crippen LogP contribution in [0.3, 0.4) is 0 Å². The minimum absolute atomic E-state index is 0.112. The van der Waals surface area contributed by atoms with Gasteiger partial charge in [0.25, 0.3) is 5.91 Å². The number of fused-ring (bicyclic) bond motifs is 5. The summed E-state index contributed by atoms with van der Waals surface area (Å²) in [7, 11) is 0. The van der Waals surface area contributed by atoms with Crippen molar-refractivity contribution < 1.29 is 9.59 Å². The summed E-state index contributed by atoms with van der Waals surface area (Å²) in [5.74, 6) is 1.27. The number of carbonyl (C=O) groups excluding carboxylic acids is 2. The zero-order valence-corrected chi connectivity index (χ0v) is 14.8. The number of likely N-dealkylation sites (tertiary alicyclic amines) is 1. The molecular weight excluding hydrogens is 326 g/mol. The van der Waals surface area contributed by atoms with Gasteiger partial charge in [0.2, 0.25) is 5.91 Å². The quantitative estimate of drug-likeness (QED) is 0.795. The van der Waals surface area contributed by atoms with Gasteiger partial charge >= 0.3 is 0 Å². The van der Waals surface area contributed by atoms with Gasteiger partial charge in [0.15, 0.2) is 0 Å². The van der Waals surface area contributed by atoms with Crippen molar-refractivity contribution in [2.45, 2.75) is 31.7 Å². The smallest absolute Gasteiger partial charge is 0.253 e. The zero-order chi connectivity index (χ0) is 17.7. The highest BCUT2D eigenvalue weighted by molar-refractivity contribution is 5.98. The van der Waals surface area contributed by atoms with Gasteiger partial charge in [-0.3, -0.25) is 14.6 Å². The maximum Gasteiger partial charge on any atom is 0.253 e. The highest BCUT2D eigenvalue weighted by atomic mass is 16.2. The summed E-state index contributed by atoms with van der Waals surface area (Å²) in [5, 5.41) is 1.000. The molecule has 3 aliphatic heterocycles. The van der Waals surface area contributed by atoms with E-state index in [0.29, 0.717) is 30.2 Å². The minimum Gasteiger partial charge on any atom is -0.339 e. The lowest BCUT2D eigenvalue weighted by atomic mass is 9.76. The lowest BCUT2D eigenvalue weighted by Crippen LogP contribution is -2.61. The standard InChI is InChI=1S/C21H23N3O2/c25-20-5-1-4-19-17-9-14(12-24(19)20)11-23(13-17)21(26)16-6-7-18-15(10-16)3-2-8-22-18/h2-3,6-8,10,14,17,19H,1,4-5,9,11-13H2/t14?,17?,19-/m1/s1. The van der Waals surface area contributed by atoms with E-state index in [2.05, 4.69) is 9.88 Å². The molecule has 5 heteroatoms. The summed E-state index contributed by atoms with van der Waals surface area (Å²) >= 11 is 0. The third kappa shape index (κ3) is 2.57. The van der Waals surface area contributed by atoms with Gasteiger partial charge in [-0.25, -0.2) is 0 Å². The molecule has 0 saturated carbocycles. The Morgan fingerprint density at radius 1 is 1.15 bits per heavy atom. The molecule has 5 rings (SSSR count). The predicted molar refractivity (Wildman–Crippen MR) is 98.6 cm³/mol. The highest BCUT2D eigenvalue weighted by Gasteiger charge is 2.44. The number of carbonyl (C=O) groups is 2. The molecule has 3 atom stereocenters. The van der Waals surface area contributed by atoms with Crippen LogP contribution in [0.4, 0.5) is 0 Å². The zero-order valence-electron chi connectivity index (χ0n) is 14.8. The molecule has 3 saturated heterocycles. The van der Waals surface area contributed by atoms with Crippen molar-refractivity contribution in [2.75, 3.05) is 19.6 Å². The molecule has 1 aromatic heterocycles. The Kier molecular flexibility index (Phi) is 3.69. The van der Waals surface area contributed by atoms with Crippen LogP contribution in [0.1, 0.15) is 36.0 Å². The lowest BCUT2D eigenvalue weighted by Gasteiger charge is -2.52. The molecule has 2 unspecified atom stereocenters.